The van der Waals surface area contributed by atoms with Crippen molar-refractivity contribution in [2.24, 2.45) is 0 Å². The number of methoxy groups -OCH3 is 1. The molecule has 2 rings (SSSR count). The van der Waals surface area contributed by atoms with Gasteiger partial charge >= 0.3 is 0 Å². The van der Waals surface area contributed by atoms with Crippen LogP contribution in [0.1, 0.15) is 17.7 Å². The number of aromatic nitrogens is 1. The average Bonchev–Trinajstić information content (AvgIpc) is 2.92. The summed E-state index contributed by atoms with van der Waals surface area (Å²) >= 11 is 0. The van der Waals surface area contributed by atoms with Crippen molar-refractivity contribution in [3.8, 4) is 5.75 Å². The Bertz CT molecular complexity index is 829. The molecule has 130 valence electrons. The Morgan fingerprint density at radius 3 is 2.67 bits per heavy atom. The number of carbonyl (C=O) groups is 1. The van der Waals surface area contributed by atoms with Crippen molar-refractivity contribution in [3.05, 3.63) is 35.6 Å². The lowest BCUT2D eigenvalue weighted by atomic mass is 10.2. The molecule has 0 atom stereocenters. The number of nitrogens with zero attached hydrogens (tertiary/aromatic N) is 1. The monoisotopic (exact) mass is 353 g/mol. The van der Waals surface area contributed by atoms with Crippen molar-refractivity contribution >= 4 is 21.7 Å². The van der Waals surface area contributed by atoms with Gasteiger partial charge in [-0.1, -0.05) is 11.2 Å². The fourth-order valence-electron chi connectivity index (χ4n) is 2.00. The molecule has 1 amide bonds. The molecule has 1 heterocycles. The molecule has 1 aromatic heterocycles. The molecular weight excluding hydrogens is 334 g/mol. The second kappa shape index (κ2) is 7.45. The summed E-state index contributed by atoms with van der Waals surface area (Å²) in [7, 11) is -2.38. The Labute approximate surface area is 140 Å². The maximum absolute atomic E-state index is 12.4. The number of ether oxygens (including phenoxy) is 1. The Morgan fingerprint density at radius 1 is 1.29 bits per heavy atom. The van der Waals surface area contributed by atoms with Crippen LogP contribution in [0.3, 0.4) is 0 Å². The molecule has 0 bridgehead atoms. The smallest absolute Gasteiger partial charge is 0.244 e. The summed E-state index contributed by atoms with van der Waals surface area (Å²) in [5.74, 6) is 0.732. The van der Waals surface area contributed by atoms with E-state index in [0.29, 0.717) is 11.6 Å². The summed E-state index contributed by atoms with van der Waals surface area (Å²) in [6.07, 6.45) is -0.0424. The zero-order chi connectivity index (χ0) is 17.7. The molecule has 0 aliphatic rings. The van der Waals surface area contributed by atoms with Crippen molar-refractivity contribution < 1.29 is 22.5 Å². The van der Waals surface area contributed by atoms with E-state index in [4.69, 9.17) is 9.26 Å². The SMILES string of the molecule is COc1ccc(C)cc1S(=O)(=O)NCCC(=O)Nc1cc(C)on1. The first kappa shape index (κ1) is 18.0. The molecule has 2 N–H and O–H groups in total. The summed E-state index contributed by atoms with van der Waals surface area (Å²) in [6, 6.07) is 6.42. The van der Waals surface area contributed by atoms with E-state index in [0.717, 1.165) is 5.56 Å². The summed E-state index contributed by atoms with van der Waals surface area (Å²) in [4.78, 5) is 11.8. The highest BCUT2D eigenvalue weighted by Gasteiger charge is 2.19. The molecule has 0 aliphatic heterocycles. The van der Waals surface area contributed by atoms with Crippen LogP contribution < -0.4 is 14.8 Å². The molecule has 1 aromatic carbocycles. The molecule has 0 fully saturated rings. The van der Waals surface area contributed by atoms with Crippen LogP contribution in [0.4, 0.5) is 5.82 Å². The number of anilines is 1. The number of benzene rings is 1. The topological polar surface area (TPSA) is 111 Å². The maximum atomic E-state index is 12.4. The van der Waals surface area contributed by atoms with Crippen LogP contribution >= 0.6 is 0 Å². The van der Waals surface area contributed by atoms with Gasteiger partial charge in [0.15, 0.2) is 5.82 Å². The second-order valence-electron chi connectivity index (χ2n) is 5.17. The lowest BCUT2D eigenvalue weighted by molar-refractivity contribution is -0.116. The largest absolute Gasteiger partial charge is 0.495 e. The van der Waals surface area contributed by atoms with Gasteiger partial charge < -0.3 is 14.6 Å². The third kappa shape index (κ3) is 4.56. The van der Waals surface area contributed by atoms with E-state index in [1.165, 1.54) is 13.2 Å². The predicted molar refractivity (Wildman–Crippen MR) is 87.4 cm³/mol. The Morgan fingerprint density at radius 2 is 2.04 bits per heavy atom. The number of sulfonamides is 1. The van der Waals surface area contributed by atoms with Crippen LogP contribution in [-0.4, -0.2) is 33.1 Å². The second-order valence-corrected chi connectivity index (χ2v) is 6.91. The van der Waals surface area contributed by atoms with Crippen LogP contribution in [0.25, 0.3) is 0 Å². The van der Waals surface area contributed by atoms with Crippen LogP contribution in [0.5, 0.6) is 5.75 Å². The first-order valence-electron chi connectivity index (χ1n) is 7.19. The molecular formula is C15H19N3O5S. The number of nitrogens with one attached hydrogen (secondary N) is 2. The fourth-order valence-corrected chi connectivity index (χ4v) is 3.28. The zero-order valence-corrected chi connectivity index (χ0v) is 14.4. The van der Waals surface area contributed by atoms with E-state index >= 15 is 0 Å². The highest BCUT2D eigenvalue weighted by Crippen LogP contribution is 2.24. The Hall–Kier alpha value is -2.39. The highest BCUT2D eigenvalue weighted by atomic mass is 32.2. The van der Waals surface area contributed by atoms with Crippen molar-refractivity contribution in [3.63, 3.8) is 0 Å². The summed E-state index contributed by atoms with van der Waals surface area (Å²) < 4.78 is 37.0. The van der Waals surface area contributed by atoms with Gasteiger partial charge in [0, 0.05) is 19.0 Å². The van der Waals surface area contributed by atoms with Gasteiger partial charge in [-0.3, -0.25) is 4.79 Å². The molecule has 0 saturated carbocycles. The van der Waals surface area contributed by atoms with Gasteiger partial charge in [-0.25, -0.2) is 13.1 Å². The van der Waals surface area contributed by atoms with Gasteiger partial charge in [-0.15, -0.1) is 0 Å². The van der Waals surface area contributed by atoms with E-state index in [9.17, 15) is 13.2 Å². The average molecular weight is 353 g/mol. The van der Waals surface area contributed by atoms with Gasteiger partial charge in [0.2, 0.25) is 15.9 Å². The van der Waals surface area contributed by atoms with E-state index in [1.807, 2.05) is 0 Å². The van der Waals surface area contributed by atoms with Gasteiger partial charge in [-0.2, -0.15) is 0 Å². The first-order valence-corrected chi connectivity index (χ1v) is 8.67. The Kier molecular flexibility index (Phi) is 5.58. The summed E-state index contributed by atoms with van der Waals surface area (Å²) in [5.41, 5.74) is 0.787. The molecule has 2 aromatic rings. The van der Waals surface area contributed by atoms with Gasteiger partial charge in [0.25, 0.3) is 0 Å². The van der Waals surface area contributed by atoms with Crippen LogP contribution in [0.15, 0.2) is 33.7 Å². The molecule has 8 nitrogen and oxygen atoms in total. The van der Waals surface area contributed by atoms with Crippen LogP contribution in [0.2, 0.25) is 0 Å². The number of hydrogen-bond acceptors (Lipinski definition) is 6. The standard InChI is InChI=1S/C15H19N3O5S/c1-10-4-5-12(22-3)13(8-10)24(20,21)16-7-6-15(19)17-14-9-11(2)23-18-14/h4-5,8-9,16H,6-7H2,1-3H3,(H,17,18,19). The molecule has 0 spiro atoms. The third-order valence-electron chi connectivity index (χ3n) is 3.15. The first-order chi connectivity index (χ1) is 11.3. The van der Waals surface area contributed by atoms with Crippen molar-refractivity contribution in [1.82, 2.24) is 9.88 Å². The van der Waals surface area contributed by atoms with E-state index in [2.05, 4.69) is 15.2 Å². The van der Waals surface area contributed by atoms with Gasteiger partial charge in [0.1, 0.15) is 16.4 Å². The molecule has 0 aliphatic carbocycles. The van der Waals surface area contributed by atoms with Gasteiger partial charge in [0.05, 0.1) is 7.11 Å². The molecule has 9 heteroatoms. The van der Waals surface area contributed by atoms with Crippen molar-refractivity contribution in [2.75, 3.05) is 19.0 Å². The maximum Gasteiger partial charge on any atom is 0.244 e. The van der Waals surface area contributed by atoms with Crippen molar-refractivity contribution in [1.29, 1.82) is 0 Å². The minimum Gasteiger partial charge on any atom is -0.495 e. The zero-order valence-electron chi connectivity index (χ0n) is 13.6. The van der Waals surface area contributed by atoms with Crippen LogP contribution in [0, 0.1) is 13.8 Å². The quantitative estimate of drug-likeness (QED) is 0.782. The summed E-state index contributed by atoms with van der Waals surface area (Å²) in [5, 5.41) is 6.15. The van der Waals surface area contributed by atoms with E-state index in [1.54, 1.807) is 32.0 Å². The Balaban J connectivity index is 1.95. The highest BCUT2D eigenvalue weighted by molar-refractivity contribution is 7.89. The van der Waals surface area contributed by atoms with Crippen molar-refractivity contribution in [2.45, 2.75) is 25.2 Å². The molecule has 0 saturated heterocycles. The number of amides is 1. The number of aryl methyl sites for hydroxylation is 2. The number of carbonyl (C=O) groups excluding carboxylic acids is 1. The minimum absolute atomic E-state index is 0.0394. The van der Waals surface area contributed by atoms with Crippen LogP contribution in [-0.2, 0) is 14.8 Å². The molecule has 0 radical (unpaired) electrons. The lowest BCUT2D eigenvalue weighted by Gasteiger charge is -2.11. The predicted octanol–water partition coefficient (Wildman–Crippen LogP) is 1.61. The normalized spacial score (nSPS) is 11.3. The number of hydrogen-bond donors (Lipinski definition) is 2. The number of rotatable bonds is 7. The minimum atomic E-state index is -3.78. The van der Waals surface area contributed by atoms with E-state index < -0.39 is 10.0 Å². The summed E-state index contributed by atoms with van der Waals surface area (Å²) in [6.45, 7) is 3.43. The molecule has 0 unspecified atom stereocenters. The lowest BCUT2D eigenvalue weighted by Crippen LogP contribution is -2.28. The fraction of sp³-hybridized carbons (Fsp3) is 0.333. The van der Waals surface area contributed by atoms with E-state index in [-0.39, 0.29) is 29.5 Å². The molecule has 24 heavy (non-hydrogen) atoms. The third-order valence-corrected chi connectivity index (χ3v) is 4.63. The van der Waals surface area contributed by atoms with Gasteiger partial charge in [-0.05, 0) is 31.5 Å².